The third-order valence-corrected chi connectivity index (χ3v) is 0. The Morgan fingerprint density at radius 3 is 1.08 bits per heavy atom. The van der Waals surface area contributed by atoms with E-state index in [1.807, 2.05) is 13.8 Å². The van der Waals surface area contributed by atoms with Gasteiger partial charge >= 0.3 is 37.4 Å². The second-order valence-corrected chi connectivity index (χ2v) is 4.32. The third-order valence-electron chi connectivity index (χ3n) is 0. The molecule has 12 heavy (non-hydrogen) atoms. The molecule has 0 heterocycles. The van der Waals surface area contributed by atoms with Gasteiger partial charge in [0.15, 0.2) is 0 Å². The van der Waals surface area contributed by atoms with Gasteiger partial charge in [-0.1, -0.05) is 45.7 Å². The first-order chi connectivity index (χ1) is 4.83. The van der Waals surface area contributed by atoms with Crippen LogP contribution in [0.25, 0.3) is 0 Å². The van der Waals surface area contributed by atoms with Crippen molar-refractivity contribution in [3.05, 3.63) is 0 Å². The average Bonchev–Trinajstić information content (AvgIpc) is 1.62. The molecule has 0 aromatic rings. The Morgan fingerprint density at radius 1 is 1.08 bits per heavy atom. The minimum absolute atomic E-state index is 0. The Kier molecular flexibility index (Phi) is 37.1. The summed E-state index contributed by atoms with van der Waals surface area (Å²) in [4.78, 5) is 21.6. The first-order valence-electron chi connectivity index (χ1n) is 2.73. The first kappa shape index (κ1) is 23.7. The van der Waals surface area contributed by atoms with Crippen LogP contribution in [0.15, 0.2) is 0 Å². The summed E-state index contributed by atoms with van der Waals surface area (Å²) in [6.07, 6.45) is 0. The van der Waals surface area contributed by atoms with Crippen molar-refractivity contribution in [1.82, 2.24) is 0 Å². The van der Waals surface area contributed by atoms with Gasteiger partial charge in [0.1, 0.15) is 0 Å². The van der Waals surface area contributed by atoms with Crippen molar-refractivity contribution in [2.75, 3.05) is 10.7 Å². The fourth-order valence-corrected chi connectivity index (χ4v) is 0. The fourth-order valence-electron chi connectivity index (χ4n) is 0. The molecule has 0 aromatic carbocycles. The van der Waals surface area contributed by atoms with Crippen LogP contribution in [-0.4, -0.2) is 54.9 Å². The van der Waals surface area contributed by atoms with Gasteiger partial charge in [-0.25, -0.2) is 4.57 Å². The van der Waals surface area contributed by atoms with Gasteiger partial charge in [0.05, 0.1) is 0 Å². The van der Waals surface area contributed by atoms with Gasteiger partial charge in [-0.05, 0) is 0 Å². The molecule has 0 aromatic heterocycles. The standard InChI is InChI=1S/2C2H5Br.Na.H3O4P.H/c2*1-2-3;;1-5(2,3)4;/h2*2H2,1H3;;(H3,1,2,3,4);. The summed E-state index contributed by atoms with van der Waals surface area (Å²) >= 11 is 6.29. The molecule has 0 amide bonds. The van der Waals surface area contributed by atoms with Crippen LogP contribution in [0.2, 0.25) is 0 Å². The van der Waals surface area contributed by atoms with E-state index in [0.29, 0.717) is 0 Å². The van der Waals surface area contributed by atoms with Crippen LogP contribution in [0.3, 0.4) is 0 Å². The zero-order valence-corrected chi connectivity index (χ0v) is 10.4. The SMILES string of the molecule is CCBr.CCBr.O=P(O)(O)O.[NaH]. The van der Waals surface area contributed by atoms with Gasteiger partial charge in [-0.3, -0.25) is 0 Å². The summed E-state index contributed by atoms with van der Waals surface area (Å²) in [5.74, 6) is 0. The predicted molar refractivity (Wildman–Crippen MR) is 60.3 cm³/mol. The summed E-state index contributed by atoms with van der Waals surface area (Å²) in [5.41, 5.74) is 0. The second kappa shape index (κ2) is 18.8. The van der Waals surface area contributed by atoms with E-state index in [1.54, 1.807) is 0 Å². The maximum absolute atomic E-state index is 8.88. The predicted octanol–water partition coefficient (Wildman–Crippen LogP) is 1.23. The second-order valence-electron chi connectivity index (χ2n) is 1.05. The molecule has 74 valence electrons. The fraction of sp³-hybridized carbons (Fsp3) is 1.00. The zero-order valence-electron chi connectivity index (χ0n) is 6.37. The van der Waals surface area contributed by atoms with Gasteiger partial charge in [0.2, 0.25) is 0 Å². The summed E-state index contributed by atoms with van der Waals surface area (Å²) < 4.78 is 8.88. The Hall–Kier alpha value is 2.07. The van der Waals surface area contributed by atoms with E-state index in [4.69, 9.17) is 19.2 Å². The van der Waals surface area contributed by atoms with Crippen molar-refractivity contribution in [3.8, 4) is 0 Å². The number of rotatable bonds is 0. The molecule has 0 bridgehead atoms. The molecule has 0 aliphatic rings. The monoisotopic (exact) mass is 338 g/mol. The number of hydrogen-bond donors (Lipinski definition) is 3. The first-order valence-corrected chi connectivity index (χ1v) is 6.54. The van der Waals surface area contributed by atoms with E-state index < -0.39 is 7.82 Å². The molecule has 0 saturated carbocycles. The Bertz CT molecular complexity index is 88.8. The van der Waals surface area contributed by atoms with Gasteiger partial charge in [0, 0.05) is 10.7 Å². The molecule has 0 fully saturated rings. The van der Waals surface area contributed by atoms with Gasteiger partial charge in [-0.2, -0.15) is 0 Å². The van der Waals surface area contributed by atoms with Crippen molar-refractivity contribution in [2.24, 2.45) is 0 Å². The van der Waals surface area contributed by atoms with E-state index in [-0.39, 0.29) is 29.6 Å². The molecule has 4 nitrogen and oxygen atoms in total. The molecule has 0 spiro atoms. The minimum atomic E-state index is -4.64. The quantitative estimate of drug-likeness (QED) is 0.352. The molecular formula is C4H14Br2NaO4P. The van der Waals surface area contributed by atoms with E-state index in [1.165, 1.54) is 0 Å². The van der Waals surface area contributed by atoms with Crippen LogP contribution >= 0.6 is 39.7 Å². The topological polar surface area (TPSA) is 77.8 Å². The number of alkyl halides is 2. The van der Waals surface area contributed by atoms with Crippen LogP contribution in [0, 0.1) is 0 Å². The van der Waals surface area contributed by atoms with E-state index in [2.05, 4.69) is 31.9 Å². The Morgan fingerprint density at radius 2 is 1.08 bits per heavy atom. The summed E-state index contributed by atoms with van der Waals surface area (Å²) in [7, 11) is -4.64. The zero-order chi connectivity index (χ0) is 9.91. The summed E-state index contributed by atoms with van der Waals surface area (Å²) in [6, 6.07) is 0. The summed E-state index contributed by atoms with van der Waals surface area (Å²) in [6.45, 7) is 4.08. The maximum atomic E-state index is 8.88. The Balaban J connectivity index is -0.0000000406. The molecule has 0 aliphatic heterocycles. The van der Waals surface area contributed by atoms with E-state index in [9.17, 15) is 0 Å². The van der Waals surface area contributed by atoms with Crippen LogP contribution in [0.5, 0.6) is 0 Å². The van der Waals surface area contributed by atoms with E-state index in [0.717, 1.165) is 10.7 Å². The molecule has 0 unspecified atom stereocenters. The number of phosphoric acid groups is 1. The average molecular weight is 340 g/mol. The van der Waals surface area contributed by atoms with Crippen molar-refractivity contribution in [3.63, 3.8) is 0 Å². The van der Waals surface area contributed by atoms with E-state index >= 15 is 0 Å². The summed E-state index contributed by atoms with van der Waals surface area (Å²) in [5, 5.41) is 2.12. The molecule has 0 radical (unpaired) electrons. The Labute approximate surface area is 112 Å². The molecular weight excluding hydrogens is 326 g/mol. The van der Waals surface area contributed by atoms with Crippen molar-refractivity contribution in [1.29, 1.82) is 0 Å². The van der Waals surface area contributed by atoms with Crippen LogP contribution < -0.4 is 0 Å². The van der Waals surface area contributed by atoms with Crippen molar-refractivity contribution in [2.45, 2.75) is 13.8 Å². The van der Waals surface area contributed by atoms with Gasteiger partial charge < -0.3 is 14.7 Å². The molecule has 0 saturated heterocycles. The van der Waals surface area contributed by atoms with Crippen molar-refractivity contribution >= 4 is 69.2 Å². The third kappa shape index (κ3) is 345. The molecule has 0 atom stereocenters. The normalized spacial score (nSPS) is 7.92. The molecule has 0 rings (SSSR count). The molecule has 0 aliphatic carbocycles. The number of halogens is 2. The van der Waals surface area contributed by atoms with Crippen LogP contribution in [0.1, 0.15) is 13.8 Å². The molecule has 3 N–H and O–H groups in total. The van der Waals surface area contributed by atoms with Crippen LogP contribution in [-0.2, 0) is 4.57 Å². The number of hydrogen-bond acceptors (Lipinski definition) is 1. The van der Waals surface area contributed by atoms with Gasteiger partial charge in [-0.15, -0.1) is 0 Å². The van der Waals surface area contributed by atoms with Gasteiger partial charge in [0.25, 0.3) is 0 Å². The van der Waals surface area contributed by atoms with Crippen molar-refractivity contribution < 1.29 is 19.2 Å². The van der Waals surface area contributed by atoms with Crippen LogP contribution in [0.4, 0.5) is 0 Å². The molecule has 8 heteroatoms.